The van der Waals surface area contributed by atoms with Crippen molar-refractivity contribution in [3.05, 3.63) is 35.4 Å². The molecule has 1 heterocycles. The molecule has 0 saturated carbocycles. The van der Waals surface area contributed by atoms with Gasteiger partial charge < -0.3 is 11.1 Å². The number of hydrogen-bond donors (Lipinski definition) is 2. The van der Waals surface area contributed by atoms with Crippen LogP contribution in [0, 0.1) is 0 Å². The van der Waals surface area contributed by atoms with Crippen molar-refractivity contribution in [1.82, 2.24) is 5.32 Å². The van der Waals surface area contributed by atoms with Gasteiger partial charge in [0.2, 0.25) is 5.91 Å². The zero-order chi connectivity index (χ0) is 14.9. The summed E-state index contributed by atoms with van der Waals surface area (Å²) in [6.45, 7) is 2.34. The van der Waals surface area contributed by atoms with Gasteiger partial charge in [0.25, 0.3) is 0 Å². The van der Waals surface area contributed by atoms with Gasteiger partial charge in [0.05, 0.1) is 26.7 Å². The molecule has 20 heavy (non-hydrogen) atoms. The van der Waals surface area contributed by atoms with Gasteiger partial charge >= 0.3 is 5.91 Å². The van der Waals surface area contributed by atoms with Crippen molar-refractivity contribution < 1.29 is 14.1 Å². The summed E-state index contributed by atoms with van der Waals surface area (Å²) in [6.07, 6.45) is 0.819. The van der Waals surface area contributed by atoms with Gasteiger partial charge in [-0.1, -0.05) is 24.3 Å². The number of nitrogens with two attached hydrogens (primary N) is 1. The number of fused-ring (bicyclic) bond motifs is 1. The first-order valence-corrected chi connectivity index (χ1v) is 6.84. The van der Waals surface area contributed by atoms with E-state index in [0.29, 0.717) is 0 Å². The van der Waals surface area contributed by atoms with Gasteiger partial charge in [-0.2, -0.15) is 0 Å². The molecule has 0 aromatic heterocycles. The van der Waals surface area contributed by atoms with Crippen LogP contribution in [0.5, 0.6) is 0 Å². The standard InChI is InChI=1S/C15H21N3O2/c1-10(16)14(19)17-13-12-7-5-4-6-11(12)8-9-18(2,3)15(13)20/h4-7,10,13H,8-9,16H2,1-3H3/p+1/t10-,13-/m0/s1. The van der Waals surface area contributed by atoms with Crippen molar-refractivity contribution in [2.45, 2.75) is 25.4 Å². The number of nitrogens with one attached hydrogen (secondary N) is 1. The molecule has 2 rings (SSSR count). The fraction of sp³-hybridized carbons (Fsp3) is 0.467. The van der Waals surface area contributed by atoms with Gasteiger partial charge in [0.15, 0.2) is 6.04 Å². The van der Waals surface area contributed by atoms with Crippen LogP contribution >= 0.6 is 0 Å². The second-order valence-corrected chi connectivity index (χ2v) is 5.93. The summed E-state index contributed by atoms with van der Waals surface area (Å²) in [5.74, 6) is -0.316. The SMILES string of the molecule is C[C@H](N)C(=O)N[C@@H]1C(=O)[N+](C)(C)CCc2ccccc21. The number of amides is 2. The second-order valence-electron chi connectivity index (χ2n) is 5.93. The first-order chi connectivity index (χ1) is 9.33. The molecule has 5 nitrogen and oxygen atoms in total. The second kappa shape index (κ2) is 5.34. The molecular formula is C15H22N3O2+. The summed E-state index contributed by atoms with van der Waals surface area (Å²) in [4.78, 5) is 24.6. The lowest BCUT2D eigenvalue weighted by Crippen LogP contribution is -2.53. The molecule has 0 spiro atoms. The third-order valence-corrected chi connectivity index (χ3v) is 3.85. The molecular weight excluding hydrogens is 254 g/mol. The molecule has 1 aromatic rings. The maximum atomic E-state index is 12.7. The Kier molecular flexibility index (Phi) is 3.92. The smallest absolute Gasteiger partial charge is 0.336 e. The molecule has 0 fully saturated rings. The van der Waals surface area contributed by atoms with Crippen molar-refractivity contribution in [3.8, 4) is 0 Å². The highest BCUT2D eigenvalue weighted by atomic mass is 16.2. The lowest BCUT2D eigenvalue weighted by atomic mass is 9.99. The van der Waals surface area contributed by atoms with Gasteiger partial charge in [0.1, 0.15) is 0 Å². The van der Waals surface area contributed by atoms with Crippen LogP contribution in [-0.2, 0) is 16.0 Å². The molecule has 0 saturated heterocycles. The molecule has 1 aliphatic rings. The Morgan fingerprint density at radius 1 is 1.40 bits per heavy atom. The van der Waals surface area contributed by atoms with E-state index in [1.54, 1.807) is 6.92 Å². The molecule has 0 radical (unpaired) electrons. The first kappa shape index (κ1) is 14.7. The normalized spacial score (nSPS) is 22.6. The van der Waals surface area contributed by atoms with Crippen LogP contribution in [0.25, 0.3) is 0 Å². The first-order valence-electron chi connectivity index (χ1n) is 6.84. The van der Waals surface area contributed by atoms with Crippen molar-refractivity contribution in [2.75, 3.05) is 20.6 Å². The lowest BCUT2D eigenvalue weighted by molar-refractivity contribution is -0.814. The van der Waals surface area contributed by atoms with E-state index in [1.807, 2.05) is 38.4 Å². The highest BCUT2D eigenvalue weighted by Crippen LogP contribution is 2.27. The average molecular weight is 276 g/mol. The molecule has 0 aliphatic carbocycles. The van der Waals surface area contributed by atoms with E-state index in [0.717, 1.165) is 24.1 Å². The predicted molar refractivity (Wildman–Crippen MR) is 76.7 cm³/mol. The van der Waals surface area contributed by atoms with E-state index in [4.69, 9.17) is 5.73 Å². The molecule has 1 aromatic carbocycles. The van der Waals surface area contributed by atoms with E-state index in [-0.39, 0.29) is 16.3 Å². The van der Waals surface area contributed by atoms with Crippen molar-refractivity contribution >= 4 is 11.8 Å². The van der Waals surface area contributed by atoms with Crippen LogP contribution in [-0.4, -0.2) is 43.0 Å². The van der Waals surface area contributed by atoms with Crippen LogP contribution in [0.15, 0.2) is 24.3 Å². The Labute approximate surface area is 119 Å². The monoisotopic (exact) mass is 276 g/mol. The van der Waals surface area contributed by atoms with Gasteiger partial charge in [-0.3, -0.25) is 9.28 Å². The summed E-state index contributed by atoms with van der Waals surface area (Å²) in [6, 6.07) is 6.52. The Morgan fingerprint density at radius 2 is 2.05 bits per heavy atom. The Balaban J connectivity index is 2.42. The molecule has 108 valence electrons. The maximum Gasteiger partial charge on any atom is 0.340 e. The number of nitrogens with zero attached hydrogens (tertiary/aromatic N) is 1. The average Bonchev–Trinajstić information content (AvgIpc) is 2.49. The van der Waals surface area contributed by atoms with Gasteiger partial charge in [-0.15, -0.1) is 0 Å². The maximum absolute atomic E-state index is 12.7. The molecule has 2 atom stereocenters. The summed E-state index contributed by atoms with van der Waals surface area (Å²) >= 11 is 0. The van der Waals surface area contributed by atoms with Gasteiger partial charge in [0, 0.05) is 6.42 Å². The summed E-state index contributed by atoms with van der Waals surface area (Å²) in [7, 11) is 3.75. The molecule has 1 aliphatic heterocycles. The molecule has 5 heteroatoms. The van der Waals surface area contributed by atoms with Gasteiger partial charge in [-0.25, -0.2) is 4.79 Å². The minimum absolute atomic E-state index is 0.0102. The minimum Gasteiger partial charge on any atom is -0.336 e. The van der Waals surface area contributed by atoms with Crippen LogP contribution < -0.4 is 11.1 Å². The predicted octanol–water partition coefficient (Wildman–Crippen LogP) is 0.350. The summed E-state index contributed by atoms with van der Waals surface area (Å²) < 4.78 is 0.249. The Bertz CT molecular complexity index is 538. The Morgan fingerprint density at radius 3 is 2.70 bits per heavy atom. The van der Waals surface area contributed by atoms with Crippen molar-refractivity contribution in [3.63, 3.8) is 0 Å². The van der Waals surface area contributed by atoms with Crippen molar-refractivity contribution in [1.29, 1.82) is 0 Å². The molecule has 3 N–H and O–H groups in total. The highest BCUT2D eigenvalue weighted by Gasteiger charge is 2.40. The lowest BCUT2D eigenvalue weighted by Gasteiger charge is -2.28. The summed E-state index contributed by atoms with van der Waals surface area (Å²) in [5.41, 5.74) is 7.59. The zero-order valence-electron chi connectivity index (χ0n) is 12.2. The molecule has 0 bridgehead atoms. The van der Waals surface area contributed by atoms with E-state index >= 15 is 0 Å². The Hall–Kier alpha value is -1.72. The fourth-order valence-corrected chi connectivity index (χ4v) is 2.45. The van der Waals surface area contributed by atoms with E-state index < -0.39 is 12.1 Å². The molecule has 0 unspecified atom stereocenters. The zero-order valence-corrected chi connectivity index (χ0v) is 12.2. The third-order valence-electron chi connectivity index (χ3n) is 3.85. The van der Waals surface area contributed by atoms with Gasteiger partial charge in [-0.05, 0) is 18.1 Å². The quantitative estimate of drug-likeness (QED) is 0.766. The summed E-state index contributed by atoms with van der Waals surface area (Å²) in [5, 5.41) is 2.79. The largest absolute Gasteiger partial charge is 0.340 e. The van der Waals surface area contributed by atoms with Crippen molar-refractivity contribution in [2.24, 2.45) is 5.73 Å². The van der Waals surface area contributed by atoms with Crippen LogP contribution in [0.4, 0.5) is 0 Å². The number of hydrogen-bond acceptors (Lipinski definition) is 3. The van der Waals surface area contributed by atoms with Crippen LogP contribution in [0.1, 0.15) is 24.1 Å². The highest BCUT2D eigenvalue weighted by molar-refractivity contribution is 5.88. The van der Waals surface area contributed by atoms with Crippen LogP contribution in [0.2, 0.25) is 0 Å². The van der Waals surface area contributed by atoms with E-state index in [9.17, 15) is 9.59 Å². The number of benzene rings is 1. The minimum atomic E-state index is -0.631. The van der Waals surface area contributed by atoms with E-state index in [2.05, 4.69) is 5.32 Å². The number of carbonyl (C=O) groups excluding carboxylic acids is 2. The number of rotatable bonds is 2. The topological polar surface area (TPSA) is 72.2 Å². The van der Waals surface area contributed by atoms with E-state index in [1.165, 1.54) is 0 Å². The third kappa shape index (κ3) is 2.73. The fourth-order valence-electron chi connectivity index (χ4n) is 2.45. The molecule has 2 amide bonds. The number of carbonyl (C=O) groups is 2. The number of likely N-dealkylation sites (N-methyl/N-ethyl adjacent to an activating group) is 1. The number of quaternary nitrogens is 1. The van der Waals surface area contributed by atoms with Crippen LogP contribution in [0.3, 0.4) is 0 Å².